The summed E-state index contributed by atoms with van der Waals surface area (Å²) in [5, 5.41) is 8.60. The number of ether oxygens (including phenoxy) is 1. The largest absolute Gasteiger partial charge is 0.497 e. The van der Waals surface area contributed by atoms with Crippen LogP contribution >= 0.6 is 0 Å². The maximum atomic E-state index is 5.70. The molecule has 0 aliphatic rings. The number of hydrogen-bond donors (Lipinski definition) is 1. The Morgan fingerprint density at radius 3 is 3.00 bits per heavy atom. The average molecular weight is 175 g/mol. The Kier molecular flexibility index (Phi) is 1.73. The molecule has 0 fully saturated rings. The minimum absolute atomic E-state index is 0.632. The van der Waals surface area contributed by atoms with Crippen LogP contribution in [0.2, 0.25) is 0 Å². The van der Waals surface area contributed by atoms with Crippen LogP contribution < -0.4 is 10.5 Å². The molecule has 0 saturated carbocycles. The van der Waals surface area contributed by atoms with Crippen LogP contribution in [0.4, 0.5) is 5.69 Å². The number of aromatic nitrogens is 2. The number of nitrogens with two attached hydrogens (primary N) is 1. The van der Waals surface area contributed by atoms with Gasteiger partial charge in [0, 0.05) is 11.5 Å². The second kappa shape index (κ2) is 2.90. The van der Waals surface area contributed by atoms with Crippen molar-refractivity contribution >= 4 is 16.6 Å². The summed E-state index contributed by atoms with van der Waals surface area (Å²) in [7, 11) is 1.61. The number of anilines is 1. The monoisotopic (exact) mass is 175 g/mol. The van der Waals surface area contributed by atoms with Gasteiger partial charge in [0.1, 0.15) is 5.75 Å². The van der Waals surface area contributed by atoms with E-state index >= 15 is 0 Å². The molecule has 2 N–H and O–H groups in total. The number of nitrogen functional groups attached to an aromatic ring is 1. The van der Waals surface area contributed by atoms with Gasteiger partial charge in [0.25, 0.3) is 0 Å². The van der Waals surface area contributed by atoms with Gasteiger partial charge in [-0.05, 0) is 12.1 Å². The molecular weight excluding hydrogens is 166 g/mol. The Balaban J connectivity index is 2.72. The molecule has 0 bridgehead atoms. The smallest absolute Gasteiger partial charge is 0.121 e. The number of methoxy groups -OCH3 is 1. The number of nitrogens with zero attached hydrogens (tertiary/aromatic N) is 2. The van der Waals surface area contributed by atoms with Crippen LogP contribution in [0.1, 0.15) is 0 Å². The Hall–Kier alpha value is -1.84. The van der Waals surface area contributed by atoms with Crippen molar-refractivity contribution in [2.75, 3.05) is 12.8 Å². The number of fused-ring (bicyclic) bond motifs is 1. The van der Waals surface area contributed by atoms with Crippen LogP contribution in [0.3, 0.4) is 0 Å². The summed E-state index contributed by atoms with van der Waals surface area (Å²) < 4.78 is 5.05. The molecule has 2 rings (SSSR count). The molecular formula is C9H9N3O. The van der Waals surface area contributed by atoms with Gasteiger partial charge in [-0.3, -0.25) is 0 Å². The number of benzene rings is 1. The average Bonchev–Trinajstić information content (AvgIpc) is 2.18. The maximum Gasteiger partial charge on any atom is 0.121 e. The fourth-order valence-electron chi connectivity index (χ4n) is 1.19. The molecule has 1 heterocycles. The van der Waals surface area contributed by atoms with Crippen molar-refractivity contribution in [2.45, 2.75) is 0 Å². The number of rotatable bonds is 1. The first-order valence-electron chi connectivity index (χ1n) is 3.86. The first-order chi connectivity index (χ1) is 6.31. The molecule has 0 atom stereocenters. The number of hydrogen-bond acceptors (Lipinski definition) is 4. The van der Waals surface area contributed by atoms with Gasteiger partial charge in [0.2, 0.25) is 0 Å². The van der Waals surface area contributed by atoms with Crippen molar-refractivity contribution < 1.29 is 4.74 Å². The zero-order chi connectivity index (χ0) is 9.26. The van der Waals surface area contributed by atoms with E-state index in [1.165, 1.54) is 6.20 Å². The van der Waals surface area contributed by atoms with E-state index in [0.29, 0.717) is 5.69 Å². The minimum atomic E-state index is 0.632. The summed E-state index contributed by atoms with van der Waals surface area (Å²) in [6, 6.07) is 5.53. The molecule has 4 nitrogen and oxygen atoms in total. The molecule has 0 radical (unpaired) electrons. The molecule has 0 aliphatic carbocycles. The maximum absolute atomic E-state index is 5.70. The van der Waals surface area contributed by atoms with E-state index in [-0.39, 0.29) is 0 Å². The molecule has 0 aliphatic heterocycles. The fraction of sp³-hybridized carbons (Fsp3) is 0.111. The molecule has 0 amide bonds. The van der Waals surface area contributed by atoms with E-state index in [4.69, 9.17) is 10.5 Å². The van der Waals surface area contributed by atoms with E-state index < -0.39 is 0 Å². The summed E-state index contributed by atoms with van der Waals surface area (Å²) >= 11 is 0. The molecule has 0 spiro atoms. The van der Waals surface area contributed by atoms with Crippen LogP contribution in [0.25, 0.3) is 10.9 Å². The second-order valence-electron chi connectivity index (χ2n) is 2.68. The van der Waals surface area contributed by atoms with Gasteiger partial charge in [0.15, 0.2) is 0 Å². The molecule has 0 saturated heterocycles. The lowest BCUT2D eigenvalue weighted by molar-refractivity contribution is 0.415. The zero-order valence-corrected chi connectivity index (χ0v) is 7.19. The molecule has 0 unspecified atom stereocenters. The summed E-state index contributed by atoms with van der Waals surface area (Å²) in [6.45, 7) is 0. The van der Waals surface area contributed by atoms with E-state index in [0.717, 1.165) is 16.7 Å². The lowest BCUT2D eigenvalue weighted by atomic mass is 10.2. The summed E-state index contributed by atoms with van der Waals surface area (Å²) in [4.78, 5) is 0. The third kappa shape index (κ3) is 1.26. The van der Waals surface area contributed by atoms with E-state index in [9.17, 15) is 0 Å². The van der Waals surface area contributed by atoms with E-state index in [2.05, 4.69) is 10.2 Å². The van der Waals surface area contributed by atoms with Crippen LogP contribution in [0.15, 0.2) is 24.4 Å². The van der Waals surface area contributed by atoms with E-state index in [1.807, 2.05) is 12.1 Å². The fourth-order valence-corrected chi connectivity index (χ4v) is 1.19. The van der Waals surface area contributed by atoms with E-state index in [1.54, 1.807) is 13.2 Å². The highest BCUT2D eigenvalue weighted by molar-refractivity contribution is 5.89. The Labute approximate surface area is 75.3 Å². The van der Waals surface area contributed by atoms with Gasteiger partial charge in [-0.15, -0.1) is 0 Å². The Morgan fingerprint density at radius 2 is 2.23 bits per heavy atom. The molecule has 1 aromatic carbocycles. The summed E-state index contributed by atoms with van der Waals surface area (Å²) in [5.74, 6) is 0.757. The third-order valence-corrected chi connectivity index (χ3v) is 1.88. The topological polar surface area (TPSA) is 61.0 Å². The lowest BCUT2D eigenvalue weighted by Gasteiger charge is -2.02. The van der Waals surface area contributed by atoms with Crippen LogP contribution in [0, 0.1) is 0 Å². The summed E-state index contributed by atoms with van der Waals surface area (Å²) in [5.41, 5.74) is 7.09. The van der Waals surface area contributed by atoms with Gasteiger partial charge in [-0.25, -0.2) is 0 Å². The highest BCUT2D eigenvalue weighted by Gasteiger charge is 2.00. The van der Waals surface area contributed by atoms with Gasteiger partial charge >= 0.3 is 0 Å². The standard InChI is InChI=1S/C9H9N3O/c1-13-6-2-3-7-8(10)5-11-12-9(7)4-6/h2-5H,1H3,(H2,10,12). The van der Waals surface area contributed by atoms with Crippen molar-refractivity contribution in [1.82, 2.24) is 10.2 Å². The normalized spacial score (nSPS) is 10.2. The van der Waals surface area contributed by atoms with Crippen LogP contribution in [0.5, 0.6) is 5.75 Å². The first kappa shape index (κ1) is 7.79. The molecule has 4 heteroatoms. The second-order valence-corrected chi connectivity index (χ2v) is 2.68. The highest BCUT2D eigenvalue weighted by Crippen LogP contribution is 2.21. The van der Waals surface area contributed by atoms with Gasteiger partial charge in [0.05, 0.1) is 24.5 Å². The third-order valence-electron chi connectivity index (χ3n) is 1.88. The van der Waals surface area contributed by atoms with Gasteiger partial charge < -0.3 is 10.5 Å². The van der Waals surface area contributed by atoms with Crippen LogP contribution in [-0.2, 0) is 0 Å². The van der Waals surface area contributed by atoms with Crippen molar-refractivity contribution in [3.05, 3.63) is 24.4 Å². The molecule has 2 aromatic rings. The predicted octanol–water partition coefficient (Wildman–Crippen LogP) is 1.22. The van der Waals surface area contributed by atoms with Crippen molar-refractivity contribution in [1.29, 1.82) is 0 Å². The predicted molar refractivity (Wildman–Crippen MR) is 50.5 cm³/mol. The molecule has 13 heavy (non-hydrogen) atoms. The molecule has 66 valence electrons. The van der Waals surface area contributed by atoms with Gasteiger partial charge in [-0.2, -0.15) is 10.2 Å². The lowest BCUT2D eigenvalue weighted by Crippen LogP contribution is -1.92. The van der Waals surface area contributed by atoms with Crippen molar-refractivity contribution in [3.8, 4) is 5.75 Å². The Morgan fingerprint density at radius 1 is 1.38 bits per heavy atom. The van der Waals surface area contributed by atoms with Crippen molar-refractivity contribution in [3.63, 3.8) is 0 Å². The minimum Gasteiger partial charge on any atom is -0.497 e. The first-order valence-corrected chi connectivity index (χ1v) is 3.86. The summed E-state index contributed by atoms with van der Waals surface area (Å²) in [6.07, 6.45) is 1.54. The van der Waals surface area contributed by atoms with Crippen molar-refractivity contribution in [2.24, 2.45) is 0 Å². The SMILES string of the molecule is COc1ccc2c(N)cnnc2c1. The zero-order valence-electron chi connectivity index (χ0n) is 7.19. The Bertz CT molecular complexity index is 442. The van der Waals surface area contributed by atoms with Crippen LogP contribution in [-0.4, -0.2) is 17.3 Å². The quantitative estimate of drug-likeness (QED) is 0.707. The highest BCUT2D eigenvalue weighted by atomic mass is 16.5. The molecule has 1 aromatic heterocycles. The van der Waals surface area contributed by atoms with Gasteiger partial charge in [-0.1, -0.05) is 0 Å².